The number of hydrogen-bond donors (Lipinski definition) is 0. The zero-order valence-corrected chi connectivity index (χ0v) is 22.0. The number of methoxy groups -OCH3 is 4. The average Bonchev–Trinajstić information content (AvgIpc) is 3.12. The molecule has 11 nitrogen and oxygen atoms in total. The van der Waals surface area contributed by atoms with Crippen molar-refractivity contribution in [2.45, 2.75) is 6.92 Å². The standard InChI is InChI=1S/C28H26N2O9/c1-15-10-6-8-12-18(15)30-23-22(28(35)39-5)21(27(34)38-4)20(26(33)37-3)17(25(32)36-2)14-29(23)19-13-9-7-11-16(19)24(30)31/h6-13,17H,14H2,1-5H3. The first-order valence-electron chi connectivity index (χ1n) is 11.8. The fourth-order valence-corrected chi connectivity index (χ4v) is 4.80. The van der Waals surface area contributed by atoms with Crippen LogP contribution in [-0.4, -0.2) is 64.8 Å². The van der Waals surface area contributed by atoms with E-state index >= 15 is 0 Å². The predicted octanol–water partition coefficient (Wildman–Crippen LogP) is 2.29. The van der Waals surface area contributed by atoms with Gasteiger partial charge in [0.05, 0.1) is 56.5 Å². The minimum absolute atomic E-state index is 0.0898. The molecular weight excluding hydrogens is 508 g/mol. The summed E-state index contributed by atoms with van der Waals surface area (Å²) in [7, 11) is 4.34. The molecular formula is C28H26N2O9. The highest BCUT2D eigenvalue weighted by atomic mass is 16.5. The third kappa shape index (κ3) is 4.41. The summed E-state index contributed by atoms with van der Waals surface area (Å²) in [4.78, 5) is 70.1. The van der Waals surface area contributed by atoms with Gasteiger partial charge in [-0.15, -0.1) is 0 Å². The molecule has 1 unspecified atom stereocenters. The van der Waals surface area contributed by atoms with E-state index in [-0.39, 0.29) is 17.9 Å². The molecule has 0 saturated heterocycles. The topological polar surface area (TPSA) is 129 Å². The van der Waals surface area contributed by atoms with E-state index in [0.717, 1.165) is 28.4 Å². The maximum atomic E-state index is 14.1. The van der Waals surface area contributed by atoms with Crippen LogP contribution in [0.25, 0.3) is 0 Å². The molecule has 2 aromatic carbocycles. The van der Waals surface area contributed by atoms with Crippen molar-refractivity contribution in [1.29, 1.82) is 0 Å². The largest absolute Gasteiger partial charge is 0.468 e. The van der Waals surface area contributed by atoms with Crippen LogP contribution < -0.4 is 9.80 Å². The maximum Gasteiger partial charge on any atom is 0.342 e. The Kier molecular flexibility index (Phi) is 7.52. The maximum absolute atomic E-state index is 14.1. The molecule has 0 bridgehead atoms. The fourth-order valence-electron chi connectivity index (χ4n) is 4.80. The van der Waals surface area contributed by atoms with Gasteiger partial charge in [-0.3, -0.25) is 14.5 Å². The lowest BCUT2D eigenvalue weighted by molar-refractivity contribution is -0.147. The minimum Gasteiger partial charge on any atom is -0.468 e. The molecule has 2 heterocycles. The molecule has 4 rings (SSSR count). The Hall–Kier alpha value is -4.93. The van der Waals surface area contributed by atoms with Crippen molar-refractivity contribution in [2.75, 3.05) is 44.8 Å². The first-order chi connectivity index (χ1) is 18.7. The Morgan fingerprint density at radius 3 is 1.90 bits per heavy atom. The second kappa shape index (κ2) is 10.8. The van der Waals surface area contributed by atoms with Gasteiger partial charge in [0.1, 0.15) is 17.3 Å². The molecule has 2 aromatic rings. The van der Waals surface area contributed by atoms with E-state index in [1.165, 1.54) is 9.80 Å². The third-order valence-corrected chi connectivity index (χ3v) is 6.58. The first-order valence-corrected chi connectivity index (χ1v) is 11.8. The lowest BCUT2D eigenvalue weighted by Crippen LogP contribution is -2.48. The van der Waals surface area contributed by atoms with E-state index in [9.17, 15) is 24.0 Å². The SMILES string of the molecule is COC(=O)C1=C(C(=O)OC)C(C(=O)OC)CN2C(=C1C(=O)OC)N(c1ccccc1C)C(=O)c1ccccc12. The highest BCUT2D eigenvalue weighted by Gasteiger charge is 2.49. The Balaban J connectivity index is 2.25. The van der Waals surface area contributed by atoms with Gasteiger partial charge in [0.2, 0.25) is 0 Å². The molecule has 0 radical (unpaired) electrons. The van der Waals surface area contributed by atoms with Crippen LogP contribution in [-0.2, 0) is 38.1 Å². The van der Waals surface area contributed by atoms with Crippen molar-refractivity contribution in [2.24, 2.45) is 5.92 Å². The van der Waals surface area contributed by atoms with E-state index < -0.39 is 52.4 Å². The van der Waals surface area contributed by atoms with Crippen molar-refractivity contribution < 1.29 is 42.9 Å². The van der Waals surface area contributed by atoms with E-state index in [1.807, 2.05) is 0 Å². The van der Waals surface area contributed by atoms with Crippen LogP contribution in [0.4, 0.5) is 11.4 Å². The highest BCUT2D eigenvalue weighted by Crippen LogP contribution is 2.44. The minimum atomic E-state index is -1.42. The molecule has 0 fully saturated rings. The molecule has 202 valence electrons. The molecule has 39 heavy (non-hydrogen) atoms. The van der Waals surface area contributed by atoms with E-state index in [0.29, 0.717) is 16.9 Å². The third-order valence-electron chi connectivity index (χ3n) is 6.58. The number of ether oxygens (including phenoxy) is 4. The zero-order chi connectivity index (χ0) is 28.4. The number of amides is 1. The van der Waals surface area contributed by atoms with Crippen molar-refractivity contribution in [1.82, 2.24) is 0 Å². The van der Waals surface area contributed by atoms with Crippen molar-refractivity contribution in [3.05, 3.63) is 82.2 Å². The number of esters is 4. The summed E-state index contributed by atoms with van der Waals surface area (Å²) < 4.78 is 20.0. The number of hydrogen-bond acceptors (Lipinski definition) is 10. The van der Waals surface area contributed by atoms with E-state index in [1.54, 1.807) is 55.5 Å². The Morgan fingerprint density at radius 2 is 1.31 bits per heavy atom. The molecule has 0 spiro atoms. The predicted molar refractivity (Wildman–Crippen MR) is 137 cm³/mol. The highest BCUT2D eigenvalue weighted by molar-refractivity contribution is 6.20. The number of carbonyl (C=O) groups is 5. The molecule has 1 atom stereocenters. The molecule has 0 aliphatic carbocycles. The number of rotatable bonds is 5. The summed E-state index contributed by atoms with van der Waals surface area (Å²) in [5, 5.41) is 0. The van der Waals surface area contributed by atoms with Crippen LogP contribution in [0.5, 0.6) is 0 Å². The Morgan fingerprint density at radius 1 is 0.744 bits per heavy atom. The number of fused-ring (bicyclic) bond motifs is 3. The molecule has 2 aliphatic heterocycles. The Labute approximate surface area is 224 Å². The van der Waals surface area contributed by atoms with Crippen molar-refractivity contribution in [3.8, 4) is 0 Å². The molecule has 11 heteroatoms. The number of carbonyl (C=O) groups excluding carboxylic acids is 5. The second-order valence-corrected chi connectivity index (χ2v) is 8.59. The van der Waals surface area contributed by atoms with E-state index in [2.05, 4.69) is 0 Å². The molecule has 0 aromatic heterocycles. The number of anilines is 2. The van der Waals surface area contributed by atoms with Gasteiger partial charge in [-0.2, -0.15) is 0 Å². The van der Waals surface area contributed by atoms with Gasteiger partial charge in [0.15, 0.2) is 0 Å². The number of aryl methyl sites for hydroxylation is 1. The summed E-state index contributed by atoms with van der Waals surface area (Å²) in [6.07, 6.45) is 0. The molecule has 0 N–H and O–H groups in total. The van der Waals surface area contributed by atoms with Crippen LogP contribution in [0.1, 0.15) is 15.9 Å². The van der Waals surface area contributed by atoms with Gasteiger partial charge in [-0.05, 0) is 30.7 Å². The average molecular weight is 535 g/mol. The van der Waals surface area contributed by atoms with Crippen LogP contribution in [0.3, 0.4) is 0 Å². The summed E-state index contributed by atoms with van der Waals surface area (Å²) in [5.74, 6) is -6.12. The lowest BCUT2D eigenvalue weighted by Gasteiger charge is -2.41. The van der Waals surface area contributed by atoms with Gasteiger partial charge >= 0.3 is 23.9 Å². The normalized spacial score (nSPS) is 16.6. The number of nitrogens with zero attached hydrogens (tertiary/aromatic N) is 2. The lowest BCUT2D eigenvalue weighted by atomic mass is 9.91. The zero-order valence-electron chi connectivity index (χ0n) is 22.0. The van der Waals surface area contributed by atoms with Crippen LogP contribution >= 0.6 is 0 Å². The van der Waals surface area contributed by atoms with Crippen molar-refractivity contribution in [3.63, 3.8) is 0 Å². The van der Waals surface area contributed by atoms with Crippen LogP contribution in [0.15, 0.2) is 71.1 Å². The van der Waals surface area contributed by atoms with Crippen LogP contribution in [0.2, 0.25) is 0 Å². The monoisotopic (exact) mass is 534 g/mol. The summed E-state index contributed by atoms with van der Waals surface area (Å²) >= 11 is 0. The number of para-hydroxylation sites is 2. The summed E-state index contributed by atoms with van der Waals surface area (Å²) in [5.41, 5.74) is 0.183. The second-order valence-electron chi connectivity index (χ2n) is 8.59. The van der Waals surface area contributed by atoms with Crippen molar-refractivity contribution >= 4 is 41.2 Å². The molecule has 1 amide bonds. The molecule has 2 aliphatic rings. The first kappa shape index (κ1) is 27.1. The smallest absolute Gasteiger partial charge is 0.342 e. The summed E-state index contributed by atoms with van der Waals surface area (Å²) in [6, 6.07) is 13.5. The fraction of sp³-hybridized carbons (Fsp3) is 0.250. The summed E-state index contributed by atoms with van der Waals surface area (Å²) in [6.45, 7) is 1.48. The van der Waals surface area contributed by atoms with Gasteiger partial charge in [-0.25, -0.2) is 14.4 Å². The number of benzene rings is 2. The van der Waals surface area contributed by atoms with E-state index in [4.69, 9.17) is 18.9 Å². The quantitative estimate of drug-likeness (QED) is 0.416. The van der Waals surface area contributed by atoms with Crippen LogP contribution in [0, 0.1) is 12.8 Å². The molecule has 0 saturated carbocycles. The van der Waals surface area contributed by atoms with Gasteiger partial charge in [-0.1, -0.05) is 30.3 Å². The van der Waals surface area contributed by atoms with Gasteiger partial charge < -0.3 is 23.8 Å². The Bertz CT molecular complexity index is 1460. The van der Waals surface area contributed by atoms with Gasteiger partial charge in [0, 0.05) is 6.54 Å². The van der Waals surface area contributed by atoms with Gasteiger partial charge in [0.25, 0.3) is 5.91 Å².